The normalized spacial score (nSPS) is 14.7. The van der Waals surface area contributed by atoms with E-state index in [1.165, 1.54) is 26.4 Å². The number of esters is 1. The fourth-order valence-corrected chi connectivity index (χ4v) is 1.97. The van der Waals surface area contributed by atoms with E-state index in [-0.39, 0.29) is 12.0 Å². The molecule has 0 bridgehead atoms. The summed E-state index contributed by atoms with van der Waals surface area (Å²) in [6, 6.07) is 0.223. The van der Waals surface area contributed by atoms with Crippen LogP contribution in [0, 0.1) is 5.92 Å². The van der Waals surface area contributed by atoms with Crippen LogP contribution in [0.15, 0.2) is 0 Å². The van der Waals surface area contributed by atoms with Crippen molar-refractivity contribution in [1.82, 2.24) is 5.32 Å². The smallest absolute Gasteiger partial charge is 0.322 e. The first kappa shape index (κ1) is 16.4. The summed E-state index contributed by atoms with van der Waals surface area (Å²) in [4.78, 5) is 11.6. The molecule has 1 N–H and O–H groups in total. The fourth-order valence-electron chi connectivity index (χ4n) is 1.97. The van der Waals surface area contributed by atoms with Gasteiger partial charge in [-0.05, 0) is 25.7 Å². The molecule has 0 radical (unpaired) electrons. The van der Waals surface area contributed by atoms with Crippen LogP contribution in [-0.4, -0.2) is 25.2 Å². The van der Waals surface area contributed by atoms with E-state index in [1.54, 1.807) is 0 Å². The lowest BCUT2D eigenvalue weighted by Gasteiger charge is -2.22. The Labute approximate surface area is 106 Å². The molecule has 0 amide bonds. The van der Waals surface area contributed by atoms with Gasteiger partial charge in [0.2, 0.25) is 0 Å². The predicted molar refractivity (Wildman–Crippen MR) is 72.0 cm³/mol. The molecule has 0 rings (SSSR count). The Kier molecular flexibility index (Phi) is 9.14. The van der Waals surface area contributed by atoms with E-state index in [2.05, 4.69) is 33.0 Å². The third-order valence-electron chi connectivity index (χ3n) is 2.92. The summed E-state index contributed by atoms with van der Waals surface area (Å²) in [7, 11) is 1.46. The van der Waals surface area contributed by atoms with Crippen molar-refractivity contribution in [2.45, 2.75) is 71.9 Å². The molecule has 3 heteroatoms. The number of ether oxygens (including phenoxy) is 1. The van der Waals surface area contributed by atoms with Crippen molar-refractivity contribution in [3.8, 4) is 0 Å². The highest BCUT2D eigenvalue weighted by molar-refractivity contribution is 5.75. The molecule has 0 spiro atoms. The molecule has 0 aliphatic rings. The van der Waals surface area contributed by atoms with Gasteiger partial charge in [0.1, 0.15) is 6.04 Å². The van der Waals surface area contributed by atoms with E-state index in [0.29, 0.717) is 12.0 Å². The number of rotatable bonds is 9. The largest absolute Gasteiger partial charge is 0.468 e. The lowest BCUT2D eigenvalue weighted by atomic mass is 10.0. The summed E-state index contributed by atoms with van der Waals surface area (Å²) in [5, 5.41) is 3.38. The highest BCUT2D eigenvalue weighted by atomic mass is 16.5. The van der Waals surface area contributed by atoms with Crippen LogP contribution in [0.3, 0.4) is 0 Å². The zero-order chi connectivity index (χ0) is 13.3. The second-order valence-electron chi connectivity index (χ2n) is 5.27. The molecule has 102 valence electrons. The van der Waals surface area contributed by atoms with E-state index in [1.807, 2.05) is 0 Å². The number of unbranched alkanes of at least 4 members (excludes halogenated alkanes) is 2. The van der Waals surface area contributed by atoms with Crippen LogP contribution in [0.4, 0.5) is 0 Å². The van der Waals surface area contributed by atoms with Gasteiger partial charge in [-0.2, -0.15) is 0 Å². The van der Waals surface area contributed by atoms with Crippen molar-refractivity contribution in [2.75, 3.05) is 7.11 Å². The second kappa shape index (κ2) is 9.46. The van der Waals surface area contributed by atoms with Crippen molar-refractivity contribution in [2.24, 2.45) is 5.92 Å². The summed E-state index contributed by atoms with van der Waals surface area (Å²) in [6.45, 7) is 8.60. The summed E-state index contributed by atoms with van der Waals surface area (Å²) in [5.74, 6) is 0.357. The number of methoxy groups -OCH3 is 1. The monoisotopic (exact) mass is 243 g/mol. The molecule has 0 aliphatic carbocycles. The Balaban J connectivity index is 4.08. The Morgan fingerprint density at radius 3 is 2.35 bits per heavy atom. The molecule has 0 aromatic heterocycles. The van der Waals surface area contributed by atoms with Crippen LogP contribution in [0.5, 0.6) is 0 Å². The van der Waals surface area contributed by atoms with Crippen molar-refractivity contribution in [3.63, 3.8) is 0 Å². The van der Waals surface area contributed by atoms with Crippen LogP contribution in [0.2, 0.25) is 0 Å². The van der Waals surface area contributed by atoms with E-state index in [4.69, 9.17) is 4.74 Å². The maximum absolute atomic E-state index is 11.6. The number of carbonyl (C=O) groups excluding carboxylic acids is 1. The van der Waals surface area contributed by atoms with Crippen LogP contribution in [-0.2, 0) is 9.53 Å². The van der Waals surface area contributed by atoms with Gasteiger partial charge in [-0.25, -0.2) is 0 Å². The SMILES string of the molecule is CCCCCC(C)NC(CC(C)C)C(=O)OC. The van der Waals surface area contributed by atoms with Crippen LogP contribution in [0.25, 0.3) is 0 Å². The van der Waals surface area contributed by atoms with Crippen molar-refractivity contribution in [3.05, 3.63) is 0 Å². The molecule has 0 heterocycles. The molecule has 0 aliphatic heterocycles. The number of nitrogens with one attached hydrogen (secondary N) is 1. The van der Waals surface area contributed by atoms with Gasteiger partial charge in [0.25, 0.3) is 0 Å². The molecular formula is C14H29NO2. The maximum Gasteiger partial charge on any atom is 0.322 e. The number of hydrogen-bond acceptors (Lipinski definition) is 3. The lowest BCUT2D eigenvalue weighted by molar-refractivity contribution is -0.143. The van der Waals surface area contributed by atoms with Gasteiger partial charge in [0.15, 0.2) is 0 Å². The quantitative estimate of drug-likeness (QED) is 0.499. The summed E-state index contributed by atoms with van der Waals surface area (Å²) >= 11 is 0. The van der Waals surface area contributed by atoms with Crippen LogP contribution in [0.1, 0.15) is 59.8 Å². The van der Waals surface area contributed by atoms with Gasteiger partial charge in [-0.1, -0.05) is 40.0 Å². The van der Waals surface area contributed by atoms with Gasteiger partial charge in [-0.3, -0.25) is 4.79 Å². The van der Waals surface area contributed by atoms with Crippen molar-refractivity contribution >= 4 is 5.97 Å². The third-order valence-corrected chi connectivity index (χ3v) is 2.92. The molecular weight excluding hydrogens is 214 g/mol. The third kappa shape index (κ3) is 8.19. The fraction of sp³-hybridized carbons (Fsp3) is 0.929. The molecule has 2 unspecified atom stereocenters. The standard InChI is InChI=1S/C14H29NO2/c1-6-7-8-9-12(4)15-13(10-11(2)3)14(16)17-5/h11-13,15H,6-10H2,1-5H3. The minimum atomic E-state index is -0.156. The number of carbonyl (C=O) groups is 1. The first-order valence-corrected chi connectivity index (χ1v) is 6.85. The molecule has 3 nitrogen and oxygen atoms in total. The molecule has 0 saturated carbocycles. The highest BCUT2D eigenvalue weighted by Crippen LogP contribution is 2.09. The molecule has 0 aromatic rings. The molecule has 0 saturated heterocycles. The Morgan fingerprint density at radius 2 is 1.88 bits per heavy atom. The predicted octanol–water partition coefficient (Wildman–Crippen LogP) is 3.13. The van der Waals surface area contributed by atoms with Gasteiger partial charge in [0, 0.05) is 6.04 Å². The van der Waals surface area contributed by atoms with E-state index >= 15 is 0 Å². The first-order valence-electron chi connectivity index (χ1n) is 6.85. The summed E-state index contributed by atoms with van der Waals surface area (Å²) < 4.78 is 4.84. The summed E-state index contributed by atoms with van der Waals surface area (Å²) in [5.41, 5.74) is 0. The Morgan fingerprint density at radius 1 is 1.24 bits per heavy atom. The first-order chi connectivity index (χ1) is 8.01. The summed E-state index contributed by atoms with van der Waals surface area (Å²) in [6.07, 6.45) is 5.68. The minimum absolute atomic E-state index is 0.138. The minimum Gasteiger partial charge on any atom is -0.468 e. The van der Waals surface area contributed by atoms with E-state index < -0.39 is 0 Å². The Hall–Kier alpha value is -0.570. The van der Waals surface area contributed by atoms with Gasteiger partial charge in [-0.15, -0.1) is 0 Å². The van der Waals surface area contributed by atoms with E-state index in [0.717, 1.165) is 12.8 Å². The maximum atomic E-state index is 11.6. The second-order valence-corrected chi connectivity index (χ2v) is 5.27. The van der Waals surface area contributed by atoms with Gasteiger partial charge in [0.05, 0.1) is 7.11 Å². The molecule has 17 heavy (non-hydrogen) atoms. The lowest BCUT2D eigenvalue weighted by Crippen LogP contribution is -2.43. The zero-order valence-corrected chi connectivity index (χ0v) is 12.1. The van der Waals surface area contributed by atoms with Crippen LogP contribution >= 0.6 is 0 Å². The Bertz CT molecular complexity index is 204. The topological polar surface area (TPSA) is 38.3 Å². The molecule has 0 fully saturated rings. The van der Waals surface area contributed by atoms with Gasteiger partial charge < -0.3 is 10.1 Å². The zero-order valence-electron chi connectivity index (χ0n) is 12.1. The molecule has 2 atom stereocenters. The van der Waals surface area contributed by atoms with E-state index in [9.17, 15) is 4.79 Å². The van der Waals surface area contributed by atoms with Crippen molar-refractivity contribution < 1.29 is 9.53 Å². The highest BCUT2D eigenvalue weighted by Gasteiger charge is 2.21. The average Bonchev–Trinajstić information content (AvgIpc) is 2.27. The number of hydrogen-bond donors (Lipinski definition) is 1. The van der Waals surface area contributed by atoms with Crippen molar-refractivity contribution in [1.29, 1.82) is 0 Å². The molecule has 0 aromatic carbocycles. The average molecular weight is 243 g/mol. The van der Waals surface area contributed by atoms with Gasteiger partial charge >= 0.3 is 5.97 Å². The van der Waals surface area contributed by atoms with Crippen LogP contribution < -0.4 is 5.32 Å².